The predicted molar refractivity (Wildman–Crippen MR) is 145 cm³/mol. The number of methoxy groups -OCH3 is 2. The summed E-state index contributed by atoms with van der Waals surface area (Å²) in [7, 11) is 3.27. The molecular formula is C29H30O7S. The van der Waals surface area contributed by atoms with Crippen LogP contribution in [-0.2, 0) is 9.47 Å². The quantitative estimate of drug-likeness (QED) is 0.174. The Morgan fingerprint density at radius 3 is 2.03 bits per heavy atom. The molecule has 0 spiro atoms. The zero-order valence-corrected chi connectivity index (χ0v) is 21.7. The van der Waals surface area contributed by atoms with Gasteiger partial charge in [0, 0.05) is 20.5 Å². The Hall–Kier alpha value is -3.43. The highest BCUT2D eigenvalue weighted by Gasteiger charge is 2.19. The largest absolute Gasteiger partial charge is 0.497 e. The number of fused-ring (bicyclic) bond motifs is 1. The number of benzene rings is 3. The van der Waals surface area contributed by atoms with E-state index in [2.05, 4.69) is 0 Å². The van der Waals surface area contributed by atoms with Gasteiger partial charge in [0.2, 0.25) is 0 Å². The number of carbonyl (C=O) groups excluding carboxylic acids is 1. The number of hydrogen-bond donors (Lipinski definition) is 1. The normalized spacial score (nSPS) is 11.0. The van der Waals surface area contributed by atoms with Crippen LogP contribution in [0.1, 0.15) is 10.4 Å². The molecule has 1 heterocycles. The van der Waals surface area contributed by atoms with Crippen LogP contribution >= 0.6 is 11.3 Å². The van der Waals surface area contributed by atoms with Crippen LogP contribution in [0.5, 0.6) is 17.2 Å². The minimum atomic E-state index is 0.00703. The summed E-state index contributed by atoms with van der Waals surface area (Å²) in [5.41, 5.74) is 3.49. The third-order valence-electron chi connectivity index (χ3n) is 5.78. The first kappa shape index (κ1) is 26.6. The van der Waals surface area contributed by atoms with Gasteiger partial charge in [0.05, 0.1) is 47.3 Å². The lowest BCUT2D eigenvalue weighted by Gasteiger charge is -2.11. The maximum absolute atomic E-state index is 12.3. The molecule has 0 unspecified atom stereocenters. The van der Waals surface area contributed by atoms with Gasteiger partial charge in [-0.2, -0.15) is 0 Å². The molecule has 0 amide bonds. The van der Waals surface area contributed by atoms with Crippen LogP contribution in [0, 0.1) is 0 Å². The van der Waals surface area contributed by atoms with Gasteiger partial charge in [-0.3, -0.25) is 4.79 Å². The fourth-order valence-corrected chi connectivity index (χ4v) is 5.21. The van der Waals surface area contributed by atoms with E-state index < -0.39 is 0 Å². The van der Waals surface area contributed by atoms with Crippen LogP contribution in [0.4, 0.5) is 0 Å². The first-order valence-corrected chi connectivity index (χ1v) is 12.7. The molecule has 4 aromatic rings. The number of aliphatic hydroxyl groups is 1. The third kappa shape index (κ3) is 6.47. The molecule has 0 aliphatic carbocycles. The van der Waals surface area contributed by atoms with Crippen molar-refractivity contribution in [3.05, 3.63) is 66.2 Å². The van der Waals surface area contributed by atoms with Crippen molar-refractivity contribution in [3.63, 3.8) is 0 Å². The number of carbonyl (C=O) groups is 1. The van der Waals surface area contributed by atoms with Crippen LogP contribution in [0.25, 0.3) is 31.7 Å². The van der Waals surface area contributed by atoms with E-state index in [0.29, 0.717) is 38.6 Å². The minimum absolute atomic E-state index is 0.00703. The lowest BCUT2D eigenvalue weighted by Crippen LogP contribution is -2.11. The van der Waals surface area contributed by atoms with E-state index in [1.165, 1.54) is 0 Å². The molecule has 194 valence electrons. The van der Waals surface area contributed by atoms with E-state index in [1.54, 1.807) is 25.6 Å². The standard InChI is InChI=1S/C29H30O7S/c1-32-22-7-5-21(6-8-22)29-26(19-31)28-25(17-24(33-2)18-27(28)37-29)20-3-9-23(10-4-20)36-16-15-35-14-13-34-12-11-30/h3-10,17-19,30H,11-16H2,1-2H3. The van der Waals surface area contributed by atoms with Gasteiger partial charge >= 0.3 is 0 Å². The summed E-state index contributed by atoms with van der Waals surface area (Å²) in [6.07, 6.45) is 0.931. The monoisotopic (exact) mass is 522 g/mol. The van der Waals surface area contributed by atoms with Crippen molar-refractivity contribution in [2.45, 2.75) is 0 Å². The molecule has 0 radical (unpaired) electrons. The molecule has 8 heteroatoms. The average Bonchev–Trinajstić information content (AvgIpc) is 3.33. The summed E-state index contributed by atoms with van der Waals surface area (Å²) in [6.45, 7) is 2.06. The van der Waals surface area contributed by atoms with Gasteiger partial charge in [-0.1, -0.05) is 12.1 Å². The lowest BCUT2D eigenvalue weighted by molar-refractivity contribution is 0.0247. The maximum atomic E-state index is 12.3. The highest BCUT2D eigenvalue weighted by Crippen LogP contribution is 2.44. The van der Waals surface area contributed by atoms with Crippen molar-refractivity contribution in [2.75, 3.05) is 53.9 Å². The zero-order valence-electron chi connectivity index (χ0n) is 20.9. The summed E-state index contributed by atoms with van der Waals surface area (Å²) in [5, 5.41) is 9.58. The van der Waals surface area contributed by atoms with E-state index in [0.717, 1.165) is 55.2 Å². The van der Waals surface area contributed by atoms with Crippen LogP contribution in [-0.4, -0.2) is 65.3 Å². The Morgan fingerprint density at radius 1 is 0.757 bits per heavy atom. The van der Waals surface area contributed by atoms with Gasteiger partial charge in [-0.15, -0.1) is 11.3 Å². The number of rotatable bonds is 14. The molecule has 0 saturated heterocycles. The average molecular weight is 523 g/mol. The topological polar surface area (TPSA) is 83.5 Å². The third-order valence-corrected chi connectivity index (χ3v) is 6.98. The summed E-state index contributed by atoms with van der Waals surface area (Å²) in [4.78, 5) is 13.2. The molecular weight excluding hydrogens is 492 g/mol. The van der Waals surface area contributed by atoms with Crippen molar-refractivity contribution < 1.29 is 33.6 Å². The smallest absolute Gasteiger partial charge is 0.152 e. The molecule has 1 N–H and O–H groups in total. The van der Waals surface area contributed by atoms with E-state index in [-0.39, 0.29) is 6.61 Å². The van der Waals surface area contributed by atoms with Crippen LogP contribution in [0.2, 0.25) is 0 Å². The van der Waals surface area contributed by atoms with Crippen LogP contribution < -0.4 is 14.2 Å². The van der Waals surface area contributed by atoms with E-state index in [9.17, 15) is 4.79 Å². The second-order valence-corrected chi connectivity index (χ2v) is 9.11. The van der Waals surface area contributed by atoms with Crippen molar-refractivity contribution in [1.82, 2.24) is 0 Å². The summed E-state index contributed by atoms with van der Waals surface area (Å²) < 4.78 is 28.2. The molecule has 0 atom stereocenters. The van der Waals surface area contributed by atoms with Gasteiger partial charge in [-0.05, 0) is 65.2 Å². The first-order valence-electron chi connectivity index (χ1n) is 11.9. The molecule has 0 fully saturated rings. The molecule has 3 aromatic carbocycles. The second-order valence-electron chi connectivity index (χ2n) is 8.06. The van der Waals surface area contributed by atoms with Crippen molar-refractivity contribution in [3.8, 4) is 38.8 Å². The number of ether oxygens (including phenoxy) is 5. The highest BCUT2D eigenvalue weighted by atomic mass is 32.1. The van der Waals surface area contributed by atoms with Gasteiger partial charge in [-0.25, -0.2) is 0 Å². The maximum Gasteiger partial charge on any atom is 0.152 e. The SMILES string of the molecule is COc1ccc(-c2sc3cc(OC)cc(-c4ccc(OCCOCCOCCO)cc4)c3c2C=O)cc1. The highest BCUT2D eigenvalue weighted by molar-refractivity contribution is 7.22. The van der Waals surface area contributed by atoms with E-state index in [1.807, 2.05) is 60.7 Å². The fourth-order valence-electron chi connectivity index (χ4n) is 3.98. The molecule has 0 aliphatic heterocycles. The summed E-state index contributed by atoms with van der Waals surface area (Å²) >= 11 is 1.57. The van der Waals surface area contributed by atoms with Gasteiger partial charge in [0.15, 0.2) is 6.29 Å². The molecule has 0 bridgehead atoms. The van der Waals surface area contributed by atoms with Crippen molar-refractivity contribution in [1.29, 1.82) is 0 Å². The Morgan fingerprint density at radius 2 is 1.38 bits per heavy atom. The lowest BCUT2D eigenvalue weighted by atomic mass is 9.97. The van der Waals surface area contributed by atoms with Crippen molar-refractivity contribution in [2.24, 2.45) is 0 Å². The molecule has 0 saturated carbocycles. The molecule has 0 aliphatic rings. The second kappa shape index (κ2) is 13.2. The number of aldehydes is 1. The molecule has 4 rings (SSSR count). The molecule has 1 aromatic heterocycles. The molecule has 7 nitrogen and oxygen atoms in total. The molecule has 37 heavy (non-hydrogen) atoms. The van der Waals surface area contributed by atoms with E-state index >= 15 is 0 Å². The van der Waals surface area contributed by atoms with Crippen LogP contribution in [0.3, 0.4) is 0 Å². The van der Waals surface area contributed by atoms with Gasteiger partial charge < -0.3 is 28.8 Å². The Balaban J connectivity index is 1.56. The van der Waals surface area contributed by atoms with Gasteiger partial charge in [0.1, 0.15) is 23.9 Å². The van der Waals surface area contributed by atoms with E-state index in [4.69, 9.17) is 28.8 Å². The Bertz CT molecular complexity index is 1300. The van der Waals surface area contributed by atoms with Crippen LogP contribution in [0.15, 0.2) is 60.7 Å². The predicted octanol–water partition coefficient (Wildman–Crippen LogP) is 5.47. The summed E-state index contributed by atoms with van der Waals surface area (Å²) in [5.74, 6) is 2.21. The summed E-state index contributed by atoms with van der Waals surface area (Å²) in [6, 6.07) is 19.4. The zero-order chi connectivity index (χ0) is 26.0. The minimum Gasteiger partial charge on any atom is -0.497 e. The number of hydrogen-bond acceptors (Lipinski definition) is 8. The number of thiophene rings is 1. The Kier molecular flexibility index (Phi) is 9.51. The fraction of sp³-hybridized carbons (Fsp3) is 0.276. The number of aliphatic hydroxyl groups excluding tert-OH is 1. The van der Waals surface area contributed by atoms with Crippen molar-refractivity contribution >= 4 is 27.7 Å². The Labute approximate surface area is 220 Å². The van der Waals surface area contributed by atoms with Gasteiger partial charge in [0.25, 0.3) is 0 Å². The first-order chi connectivity index (χ1) is 18.2.